The molecule has 4 saturated carbocycles. The van der Waals surface area contributed by atoms with Crippen LogP contribution in [0.2, 0.25) is 0 Å². The molecule has 4 spiro atoms. The summed E-state index contributed by atoms with van der Waals surface area (Å²) in [5, 5.41) is 8.95. The second-order valence-electron chi connectivity index (χ2n) is 25.5. The molecule has 1 N–H and O–H groups in total. The Morgan fingerprint density at radius 3 is 1.67 bits per heavy atom. The Bertz CT molecular complexity index is 2860. The third-order valence-electron chi connectivity index (χ3n) is 21.5. The first-order valence-corrected chi connectivity index (χ1v) is 28.2. The summed E-state index contributed by atoms with van der Waals surface area (Å²) in [7, 11) is 0. The van der Waals surface area contributed by atoms with Crippen molar-refractivity contribution in [2.45, 2.75) is 210 Å². The molecule has 0 radical (unpaired) electrons. The van der Waals surface area contributed by atoms with Crippen LogP contribution in [0.1, 0.15) is 174 Å². The fraction of sp³-hybridized carbons (Fsp3) is 0.594. The maximum atomic E-state index is 7.55. The fourth-order valence-electron chi connectivity index (χ4n) is 18.5. The smallest absolute Gasteiger partial charge is 0.0974 e. The Balaban J connectivity index is 0.000000137. The van der Waals surface area contributed by atoms with Crippen LogP contribution in [-0.2, 0) is 9.47 Å². The van der Waals surface area contributed by atoms with E-state index in [9.17, 15) is 0 Å². The number of ether oxygens (including phenoxy) is 2. The highest BCUT2D eigenvalue weighted by Gasteiger charge is 2.68. The zero-order chi connectivity index (χ0) is 47.8. The van der Waals surface area contributed by atoms with Crippen LogP contribution in [0.3, 0.4) is 0 Å². The monoisotopic (exact) mass is 937 g/mol. The van der Waals surface area contributed by atoms with Gasteiger partial charge in [0.15, 0.2) is 0 Å². The van der Waals surface area contributed by atoms with Gasteiger partial charge in [0.1, 0.15) is 0 Å². The molecule has 2 saturated heterocycles. The third-order valence-corrected chi connectivity index (χ3v) is 21.5. The van der Waals surface area contributed by atoms with Crippen molar-refractivity contribution in [2.75, 3.05) is 6.54 Å². The highest BCUT2D eigenvalue weighted by atomic mass is 16.5. The van der Waals surface area contributed by atoms with E-state index in [0.29, 0.717) is 47.8 Å². The summed E-state index contributed by atoms with van der Waals surface area (Å²) in [6, 6.07) is 20.8. The standard InChI is InChI=1S/C33H42N2O.C31H38N2O/c1-5-35(22(2)3)28-9-8-26-19-27-12-14-31(4)29(24-7-6-23-13-17-34-21-25(23)18-24)10-11-30(31)33(27)16-15-32(26,20-28)36-33;1-20(2)33-26-7-6-24-17-25-10-12-29(3)27(22-5-4-21-11-15-32-19-23(21)16-22)8-9-28(29)31(25)14-13-30(24,18-26)34-31/h6-7,12-13,17-19,21-22,28-30H,5,8-11,14-16,20H2,1-4H3;4-5,10-11,15-17,19-20,26-28,33H,6-9,12-14,18H2,1-3H3/t28-,29+,30+,31+,32+,33+;26-,27+,28+,29+,30+,31+/m00/s1. The summed E-state index contributed by atoms with van der Waals surface area (Å²) in [5.74, 6) is 2.37. The van der Waals surface area contributed by atoms with Gasteiger partial charge in [-0.1, -0.05) is 83.2 Å². The van der Waals surface area contributed by atoms with Crippen molar-refractivity contribution in [3.63, 3.8) is 0 Å². The lowest BCUT2D eigenvalue weighted by molar-refractivity contribution is -0.141. The largest absolute Gasteiger partial charge is 0.359 e. The first-order chi connectivity index (χ1) is 33.8. The van der Waals surface area contributed by atoms with Gasteiger partial charge in [-0.3, -0.25) is 14.9 Å². The molecule has 6 heterocycles. The molecule has 70 heavy (non-hydrogen) atoms. The Morgan fingerprint density at radius 1 is 0.629 bits per heavy atom. The number of hydrogen-bond acceptors (Lipinski definition) is 6. The normalized spacial score (nSPS) is 39.8. The van der Waals surface area contributed by atoms with Gasteiger partial charge in [-0.15, -0.1) is 0 Å². The van der Waals surface area contributed by atoms with Crippen LogP contribution in [0.5, 0.6) is 0 Å². The Morgan fingerprint density at radius 2 is 1.16 bits per heavy atom. The molecule has 4 bridgehead atoms. The third kappa shape index (κ3) is 6.76. The molecule has 0 amide bonds. The van der Waals surface area contributed by atoms with Crippen molar-refractivity contribution in [3.05, 3.63) is 131 Å². The molecule has 10 aliphatic rings. The van der Waals surface area contributed by atoms with E-state index < -0.39 is 0 Å². The molecule has 0 unspecified atom stereocenters. The topological polar surface area (TPSA) is 59.5 Å². The summed E-state index contributed by atoms with van der Waals surface area (Å²) < 4.78 is 15.0. The van der Waals surface area contributed by atoms with E-state index in [-0.39, 0.29) is 33.2 Å². The van der Waals surface area contributed by atoms with E-state index in [0.717, 1.165) is 13.0 Å². The second kappa shape index (κ2) is 16.5. The van der Waals surface area contributed by atoms with Crippen LogP contribution in [-0.4, -0.2) is 68.0 Å². The average Bonchev–Trinajstić information content (AvgIpc) is 4.09. The van der Waals surface area contributed by atoms with Gasteiger partial charge < -0.3 is 14.8 Å². The van der Waals surface area contributed by atoms with Crippen LogP contribution in [0, 0.1) is 22.7 Å². The SMILES string of the molecule is CC(C)N[C@H]1CCC2=CC3=CC[C@]4(C)[C@@H](c5ccc6ccncc6c5)CC[C@H]4[C@@]34CC[C@]2(C1)O4.CCN(C(C)C)[C@H]1CCC2=CC3=CC[C@]4(C)[C@@H](c5ccc6ccncc6c5)CC[C@H]4[C@@]34CC[C@]2(C1)O4. The quantitative estimate of drug-likeness (QED) is 0.199. The molecule has 2 aromatic carbocycles. The summed E-state index contributed by atoms with van der Waals surface area (Å²) in [4.78, 5) is 11.5. The number of aromatic nitrogens is 2. The molecule has 6 heteroatoms. The number of rotatable bonds is 7. The van der Waals surface area contributed by atoms with E-state index in [1.807, 2.05) is 24.8 Å². The summed E-state index contributed by atoms with van der Waals surface area (Å²) in [6.45, 7) is 17.9. The Hall–Kier alpha value is -3.94. The number of nitrogens with zero attached hydrogens (tertiary/aromatic N) is 3. The minimum atomic E-state index is -0.0690. The van der Waals surface area contributed by atoms with Crippen molar-refractivity contribution in [3.8, 4) is 0 Å². The van der Waals surface area contributed by atoms with Gasteiger partial charge in [0.05, 0.1) is 22.4 Å². The van der Waals surface area contributed by atoms with Crippen LogP contribution in [0.25, 0.3) is 21.5 Å². The maximum absolute atomic E-state index is 7.55. The number of hydrogen-bond donors (Lipinski definition) is 1. The molecule has 6 nitrogen and oxygen atoms in total. The fourth-order valence-corrected chi connectivity index (χ4v) is 18.5. The molecular formula is C64H80N4O2. The number of fused-ring (bicyclic) bond motifs is 4. The van der Waals surface area contributed by atoms with E-state index in [1.165, 1.54) is 140 Å². The van der Waals surface area contributed by atoms with E-state index in [2.05, 4.69) is 141 Å². The van der Waals surface area contributed by atoms with Crippen molar-refractivity contribution in [1.82, 2.24) is 20.2 Å². The van der Waals surface area contributed by atoms with Crippen molar-refractivity contribution >= 4 is 21.5 Å². The summed E-state index contributed by atoms with van der Waals surface area (Å²) in [5.41, 5.74) is 9.58. The lowest BCUT2D eigenvalue weighted by Gasteiger charge is -2.55. The highest BCUT2D eigenvalue weighted by molar-refractivity contribution is 5.83. The lowest BCUT2D eigenvalue weighted by Crippen LogP contribution is -2.56. The van der Waals surface area contributed by atoms with Crippen LogP contribution < -0.4 is 5.32 Å². The van der Waals surface area contributed by atoms with Crippen LogP contribution in [0.15, 0.2) is 120 Å². The Labute approximate surface area is 419 Å². The molecule has 4 aromatic rings. The maximum Gasteiger partial charge on any atom is 0.0974 e. The van der Waals surface area contributed by atoms with Gasteiger partial charge >= 0.3 is 0 Å². The van der Waals surface area contributed by atoms with Gasteiger partial charge in [-0.05, 0) is 226 Å². The van der Waals surface area contributed by atoms with E-state index >= 15 is 0 Å². The summed E-state index contributed by atoms with van der Waals surface area (Å²) >= 11 is 0. The highest BCUT2D eigenvalue weighted by Crippen LogP contribution is 2.71. The predicted molar refractivity (Wildman–Crippen MR) is 285 cm³/mol. The van der Waals surface area contributed by atoms with Crippen molar-refractivity contribution in [1.29, 1.82) is 0 Å². The van der Waals surface area contributed by atoms with Crippen molar-refractivity contribution < 1.29 is 9.47 Å². The van der Waals surface area contributed by atoms with Gasteiger partial charge in [-0.2, -0.15) is 0 Å². The second-order valence-corrected chi connectivity index (χ2v) is 25.5. The minimum absolute atomic E-state index is 0.0203. The molecule has 2 aromatic heterocycles. The van der Waals surface area contributed by atoms with Gasteiger partial charge in [-0.25, -0.2) is 0 Å². The first-order valence-electron chi connectivity index (χ1n) is 28.2. The average molecular weight is 937 g/mol. The van der Waals surface area contributed by atoms with E-state index in [1.54, 1.807) is 11.1 Å². The lowest BCUT2D eigenvalue weighted by atomic mass is 9.58. The van der Waals surface area contributed by atoms with Crippen LogP contribution in [0.4, 0.5) is 0 Å². The number of allylic oxidation sites excluding steroid dienone is 2. The van der Waals surface area contributed by atoms with Crippen LogP contribution >= 0.6 is 0 Å². The molecule has 6 aliphatic carbocycles. The number of benzene rings is 2. The molecule has 14 rings (SSSR count). The Kier molecular flexibility index (Phi) is 10.8. The first kappa shape index (κ1) is 45.9. The molecule has 12 atom stereocenters. The number of pyridine rings is 2. The molecular weight excluding hydrogens is 857 g/mol. The molecule has 4 aliphatic heterocycles. The van der Waals surface area contributed by atoms with Gasteiger partial charge in [0.25, 0.3) is 0 Å². The number of nitrogens with one attached hydrogen (secondary N) is 1. The van der Waals surface area contributed by atoms with Gasteiger partial charge in [0, 0.05) is 59.7 Å². The predicted octanol–water partition coefficient (Wildman–Crippen LogP) is 14.4. The van der Waals surface area contributed by atoms with Gasteiger partial charge in [0.2, 0.25) is 0 Å². The van der Waals surface area contributed by atoms with E-state index in [4.69, 9.17) is 9.47 Å². The zero-order valence-corrected chi connectivity index (χ0v) is 43.5. The summed E-state index contributed by atoms with van der Waals surface area (Å²) in [6.07, 6.45) is 37.7. The molecule has 6 fully saturated rings. The zero-order valence-electron chi connectivity index (χ0n) is 43.5. The minimum Gasteiger partial charge on any atom is -0.359 e. The van der Waals surface area contributed by atoms with Crippen molar-refractivity contribution in [2.24, 2.45) is 22.7 Å². The molecule has 368 valence electrons.